The van der Waals surface area contributed by atoms with Crippen molar-refractivity contribution in [1.29, 1.82) is 0 Å². The Balaban J connectivity index is 0.00000196. The Labute approximate surface area is 98.5 Å². The van der Waals surface area contributed by atoms with E-state index in [9.17, 15) is 8.42 Å². The zero-order chi connectivity index (χ0) is 10.6. The molecule has 0 amide bonds. The van der Waals surface area contributed by atoms with Crippen molar-refractivity contribution in [3.8, 4) is 0 Å². The topological polar surface area (TPSA) is 72.2 Å². The largest absolute Gasteiger partial charge is 0.329 e. The summed E-state index contributed by atoms with van der Waals surface area (Å²) in [6.45, 7) is 2.40. The van der Waals surface area contributed by atoms with Gasteiger partial charge in [0.05, 0.1) is 5.75 Å². The average molecular weight is 257 g/mol. The van der Waals surface area contributed by atoms with Gasteiger partial charge in [0.1, 0.15) is 0 Å². The summed E-state index contributed by atoms with van der Waals surface area (Å²) < 4.78 is 25.7. The predicted molar refractivity (Wildman–Crippen MR) is 64.6 cm³/mol. The molecule has 1 rings (SSSR count). The molecule has 0 spiro atoms. The molecule has 0 heterocycles. The third kappa shape index (κ3) is 5.70. The van der Waals surface area contributed by atoms with Gasteiger partial charge >= 0.3 is 0 Å². The van der Waals surface area contributed by atoms with E-state index in [2.05, 4.69) is 4.72 Å². The van der Waals surface area contributed by atoms with Crippen LogP contribution in [0.5, 0.6) is 0 Å². The lowest BCUT2D eigenvalue weighted by Crippen LogP contribution is -2.42. The number of unbranched alkanes of at least 4 members (excludes halogenated alkanes) is 1. The Morgan fingerprint density at radius 3 is 2.47 bits per heavy atom. The molecule has 3 N–H and O–H groups in total. The molecule has 1 fully saturated rings. The van der Waals surface area contributed by atoms with Crippen LogP contribution in [0.15, 0.2) is 0 Å². The summed E-state index contributed by atoms with van der Waals surface area (Å²) in [7, 11) is -3.09. The fourth-order valence-electron chi connectivity index (χ4n) is 1.46. The molecule has 92 valence electrons. The maximum absolute atomic E-state index is 11.5. The number of halogens is 1. The molecule has 1 unspecified atom stereocenters. The summed E-state index contributed by atoms with van der Waals surface area (Å²) in [6.07, 6.45) is 3.84. The maximum Gasteiger partial charge on any atom is 0.211 e. The van der Waals surface area contributed by atoms with Gasteiger partial charge < -0.3 is 5.73 Å². The van der Waals surface area contributed by atoms with Crippen LogP contribution in [0.3, 0.4) is 0 Å². The highest BCUT2D eigenvalue weighted by molar-refractivity contribution is 7.89. The third-order valence-corrected chi connectivity index (χ3v) is 4.03. The van der Waals surface area contributed by atoms with Crippen LogP contribution in [0.4, 0.5) is 0 Å². The van der Waals surface area contributed by atoms with Gasteiger partial charge in [-0.2, -0.15) is 0 Å². The lowest BCUT2D eigenvalue weighted by Gasteiger charge is -2.15. The Morgan fingerprint density at radius 1 is 1.47 bits per heavy atom. The molecule has 1 aliphatic carbocycles. The van der Waals surface area contributed by atoms with E-state index in [4.69, 9.17) is 5.73 Å². The number of rotatable bonds is 7. The van der Waals surface area contributed by atoms with Crippen molar-refractivity contribution in [2.75, 3.05) is 12.3 Å². The first-order valence-electron chi connectivity index (χ1n) is 5.29. The van der Waals surface area contributed by atoms with Crippen LogP contribution in [-0.2, 0) is 10.0 Å². The van der Waals surface area contributed by atoms with E-state index >= 15 is 0 Å². The van der Waals surface area contributed by atoms with Gasteiger partial charge in [0, 0.05) is 12.6 Å². The zero-order valence-electron chi connectivity index (χ0n) is 9.11. The molecule has 6 heteroatoms. The van der Waals surface area contributed by atoms with Crippen molar-refractivity contribution in [2.45, 2.75) is 38.6 Å². The maximum atomic E-state index is 11.5. The standard InChI is InChI=1S/C9H20N2O2S.ClH/c1-2-3-6-14(12,13)11-9(7-10)8-4-5-8;/h8-9,11H,2-7,10H2,1H3;1H. The van der Waals surface area contributed by atoms with Crippen molar-refractivity contribution in [3.05, 3.63) is 0 Å². The second kappa shape index (κ2) is 6.68. The van der Waals surface area contributed by atoms with Crippen molar-refractivity contribution in [3.63, 3.8) is 0 Å². The number of nitrogens with one attached hydrogen (secondary N) is 1. The van der Waals surface area contributed by atoms with Crippen LogP contribution in [0.2, 0.25) is 0 Å². The summed E-state index contributed by atoms with van der Waals surface area (Å²) in [4.78, 5) is 0. The molecule has 0 bridgehead atoms. The number of hydrogen-bond acceptors (Lipinski definition) is 3. The van der Waals surface area contributed by atoms with E-state index < -0.39 is 10.0 Å². The predicted octanol–water partition coefficient (Wildman–Crippen LogP) is 0.865. The van der Waals surface area contributed by atoms with Gasteiger partial charge in [-0.3, -0.25) is 0 Å². The zero-order valence-corrected chi connectivity index (χ0v) is 10.7. The van der Waals surface area contributed by atoms with Gasteiger partial charge in [-0.1, -0.05) is 13.3 Å². The van der Waals surface area contributed by atoms with Crippen LogP contribution in [0.1, 0.15) is 32.6 Å². The minimum atomic E-state index is -3.09. The van der Waals surface area contributed by atoms with Crippen molar-refractivity contribution in [2.24, 2.45) is 11.7 Å². The van der Waals surface area contributed by atoms with Gasteiger partial charge in [0.25, 0.3) is 0 Å². The summed E-state index contributed by atoms with van der Waals surface area (Å²) >= 11 is 0. The van der Waals surface area contributed by atoms with Crippen LogP contribution in [0, 0.1) is 5.92 Å². The second-order valence-electron chi connectivity index (χ2n) is 3.97. The molecule has 0 aromatic rings. The molecule has 1 saturated carbocycles. The van der Waals surface area contributed by atoms with Crippen molar-refractivity contribution in [1.82, 2.24) is 4.72 Å². The fourth-order valence-corrected chi connectivity index (χ4v) is 3.00. The molecule has 0 aromatic carbocycles. The SMILES string of the molecule is CCCCS(=O)(=O)NC(CN)C1CC1.Cl. The lowest BCUT2D eigenvalue weighted by atomic mass is 10.2. The normalized spacial score (nSPS) is 18.3. The van der Waals surface area contributed by atoms with Crippen LogP contribution < -0.4 is 10.5 Å². The van der Waals surface area contributed by atoms with Gasteiger partial charge in [-0.25, -0.2) is 13.1 Å². The molecule has 15 heavy (non-hydrogen) atoms. The van der Waals surface area contributed by atoms with Crippen molar-refractivity contribution >= 4 is 22.4 Å². The highest BCUT2D eigenvalue weighted by Gasteiger charge is 2.32. The highest BCUT2D eigenvalue weighted by atomic mass is 35.5. The number of hydrogen-bond donors (Lipinski definition) is 2. The molecule has 0 aromatic heterocycles. The average Bonchev–Trinajstić information content (AvgIpc) is 2.94. The Morgan fingerprint density at radius 2 is 2.07 bits per heavy atom. The van der Waals surface area contributed by atoms with E-state index in [0.29, 0.717) is 12.5 Å². The number of sulfonamides is 1. The van der Waals surface area contributed by atoms with E-state index in [0.717, 1.165) is 25.7 Å². The second-order valence-corrected chi connectivity index (χ2v) is 5.84. The smallest absolute Gasteiger partial charge is 0.211 e. The third-order valence-electron chi connectivity index (χ3n) is 2.54. The summed E-state index contributed by atoms with van der Waals surface area (Å²) in [5, 5.41) is 0. The molecule has 1 atom stereocenters. The van der Waals surface area contributed by atoms with Gasteiger partial charge in [0.15, 0.2) is 0 Å². The molecular weight excluding hydrogens is 236 g/mol. The van der Waals surface area contributed by atoms with Gasteiger partial charge in [-0.05, 0) is 25.2 Å². The number of nitrogens with two attached hydrogens (primary N) is 1. The van der Waals surface area contributed by atoms with E-state index in [1.807, 2.05) is 6.92 Å². The molecule has 4 nitrogen and oxygen atoms in total. The monoisotopic (exact) mass is 256 g/mol. The lowest BCUT2D eigenvalue weighted by molar-refractivity contribution is 0.517. The molecule has 0 radical (unpaired) electrons. The van der Waals surface area contributed by atoms with E-state index in [1.54, 1.807) is 0 Å². The highest BCUT2D eigenvalue weighted by Crippen LogP contribution is 2.32. The minimum absolute atomic E-state index is 0. The van der Waals surface area contributed by atoms with E-state index in [-0.39, 0.29) is 24.2 Å². The van der Waals surface area contributed by atoms with Crippen LogP contribution in [-0.4, -0.2) is 26.8 Å². The molecule has 0 aliphatic heterocycles. The Hall–Kier alpha value is 0.160. The van der Waals surface area contributed by atoms with Gasteiger partial charge in [-0.15, -0.1) is 12.4 Å². The quantitative estimate of drug-likeness (QED) is 0.710. The Bertz CT molecular complexity index is 265. The fraction of sp³-hybridized carbons (Fsp3) is 1.00. The molecule has 1 aliphatic rings. The molecular formula is C9H21ClN2O2S. The summed E-state index contributed by atoms with van der Waals surface area (Å²) in [5.41, 5.74) is 5.52. The first-order chi connectivity index (χ1) is 6.59. The van der Waals surface area contributed by atoms with E-state index in [1.165, 1.54) is 0 Å². The molecule has 0 saturated heterocycles. The van der Waals surface area contributed by atoms with Gasteiger partial charge in [0.2, 0.25) is 10.0 Å². The summed E-state index contributed by atoms with van der Waals surface area (Å²) in [5.74, 6) is 0.712. The first kappa shape index (κ1) is 15.2. The minimum Gasteiger partial charge on any atom is -0.329 e. The van der Waals surface area contributed by atoms with Crippen LogP contribution >= 0.6 is 12.4 Å². The van der Waals surface area contributed by atoms with Crippen LogP contribution in [0.25, 0.3) is 0 Å². The first-order valence-corrected chi connectivity index (χ1v) is 6.94. The summed E-state index contributed by atoms with van der Waals surface area (Å²) in [6, 6.07) is -0.0307. The van der Waals surface area contributed by atoms with Crippen molar-refractivity contribution < 1.29 is 8.42 Å². The Kier molecular flexibility index (Phi) is 6.75.